The molecule has 1 aliphatic rings. The average molecular weight is 355 g/mol. The second kappa shape index (κ2) is 8.24. The van der Waals surface area contributed by atoms with Crippen LogP contribution in [0.1, 0.15) is 43.0 Å². The molecule has 1 amide bonds. The van der Waals surface area contributed by atoms with Gasteiger partial charge in [-0.2, -0.15) is 0 Å². The summed E-state index contributed by atoms with van der Waals surface area (Å²) in [5.74, 6) is -0.291. The summed E-state index contributed by atoms with van der Waals surface area (Å²) in [6.07, 6.45) is 4.37. The Morgan fingerprint density at radius 3 is 2.71 bits per heavy atom. The normalized spacial score (nSPS) is 20.3. The number of hydrogen-bond acceptors (Lipinski definition) is 5. The van der Waals surface area contributed by atoms with E-state index >= 15 is 0 Å². The van der Waals surface area contributed by atoms with E-state index < -0.39 is 5.97 Å². The van der Waals surface area contributed by atoms with Gasteiger partial charge >= 0.3 is 5.97 Å². The molecule has 1 aromatic rings. The fraction of sp³-hybridized carbons (Fsp3) is 0.529. The lowest BCUT2D eigenvalue weighted by Crippen LogP contribution is -2.42. The van der Waals surface area contributed by atoms with Crippen molar-refractivity contribution in [2.45, 2.75) is 38.6 Å². The molecule has 7 heteroatoms. The van der Waals surface area contributed by atoms with Crippen LogP contribution in [0.25, 0.3) is 0 Å². The first-order valence-electron chi connectivity index (χ1n) is 8.02. The topological polar surface area (TPSA) is 90.7 Å². The number of benzene rings is 1. The Balaban J connectivity index is 1.93. The van der Waals surface area contributed by atoms with E-state index in [9.17, 15) is 9.59 Å². The number of halogens is 1. The third kappa shape index (κ3) is 4.54. The summed E-state index contributed by atoms with van der Waals surface area (Å²) < 4.78 is 10.2. The zero-order chi connectivity index (χ0) is 17.7. The maximum absolute atomic E-state index is 12.2. The Kier molecular flexibility index (Phi) is 6.31. The van der Waals surface area contributed by atoms with Crippen molar-refractivity contribution in [2.75, 3.05) is 19.5 Å². The van der Waals surface area contributed by atoms with Crippen molar-refractivity contribution < 1.29 is 19.1 Å². The van der Waals surface area contributed by atoms with Crippen molar-refractivity contribution in [1.29, 1.82) is 0 Å². The number of nitrogens with two attached hydrogens (primary N) is 1. The molecule has 132 valence electrons. The molecule has 0 saturated heterocycles. The highest BCUT2D eigenvalue weighted by Gasteiger charge is 2.23. The number of carbonyl (C=O) groups excluding carboxylic acids is 2. The zero-order valence-corrected chi connectivity index (χ0v) is 14.7. The smallest absolute Gasteiger partial charge is 0.342 e. The molecule has 24 heavy (non-hydrogen) atoms. The van der Waals surface area contributed by atoms with Crippen LogP contribution in [0.5, 0.6) is 5.75 Å². The van der Waals surface area contributed by atoms with Crippen LogP contribution in [-0.4, -0.2) is 31.6 Å². The van der Waals surface area contributed by atoms with Gasteiger partial charge in [-0.15, -0.1) is 0 Å². The average Bonchev–Trinajstić information content (AvgIpc) is 2.56. The molecule has 2 rings (SSSR count). The highest BCUT2D eigenvalue weighted by Crippen LogP contribution is 2.29. The van der Waals surface area contributed by atoms with Gasteiger partial charge in [0.2, 0.25) is 0 Å². The lowest BCUT2D eigenvalue weighted by atomic mass is 9.86. The van der Waals surface area contributed by atoms with Crippen molar-refractivity contribution in [1.82, 2.24) is 5.32 Å². The van der Waals surface area contributed by atoms with Gasteiger partial charge in [-0.3, -0.25) is 4.79 Å². The standard InChI is InChI=1S/C17H23ClN2O4/c1-10-5-3-4-6-14(10)20-16(21)9-24-17(22)11-7-12(18)13(19)8-15(11)23-2/h7-8,10,14H,3-6,9,19H2,1-2H3,(H,20,21)/t10-,14+/m0/s1. The molecule has 0 aromatic heterocycles. The van der Waals surface area contributed by atoms with E-state index in [-0.39, 0.29) is 34.9 Å². The predicted molar refractivity (Wildman–Crippen MR) is 92.3 cm³/mol. The van der Waals surface area contributed by atoms with Gasteiger partial charge in [0.15, 0.2) is 6.61 Å². The van der Waals surface area contributed by atoms with E-state index in [1.165, 1.54) is 25.7 Å². The van der Waals surface area contributed by atoms with E-state index in [4.69, 9.17) is 26.8 Å². The van der Waals surface area contributed by atoms with Gasteiger partial charge in [-0.05, 0) is 24.8 Å². The van der Waals surface area contributed by atoms with Gasteiger partial charge in [0.1, 0.15) is 11.3 Å². The van der Waals surface area contributed by atoms with Crippen LogP contribution in [0.3, 0.4) is 0 Å². The van der Waals surface area contributed by atoms with Crippen molar-refractivity contribution in [3.05, 3.63) is 22.7 Å². The molecule has 3 N–H and O–H groups in total. The lowest BCUT2D eigenvalue weighted by molar-refractivity contribution is -0.125. The van der Waals surface area contributed by atoms with Crippen molar-refractivity contribution in [3.8, 4) is 5.75 Å². The number of nitrogens with one attached hydrogen (secondary N) is 1. The molecule has 1 aromatic carbocycles. The molecule has 0 bridgehead atoms. The van der Waals surface area contributed by atoms with Crippen molar-refractivity contribution >= 4 is 29.2 Å². The second-order valence-corrected chi connectivity index (χ2v) is 6.49. The fourth-order valence-corrected chi connectivity index (χ4v) is 3.05. The summed E-state index contributed by atoms with van der Waals surface area (Å²) in [6.45, 7) is 1.78. The molecule has 1 saturated carbocycles. The molecule has 0 unspecified atom stereocenters. The summed E-state index contributed by atoms with van der Waals surface area (Å²) in [6, 6.07) is 2.97. The number of amides is 1. The van der Waals surface area contributed by atoms with Gasteiger partial charge in [-0.1, -0.05) is 31.4 Å². The summed E-state index contributed by atoms with van der Waals surface area (Å²) in [4.78, 5) is 24.2. The highest BCUT2D eigenvalue weighted by molar-refractivity contribution is 6.33. The first-order chi connectivity index (χ1) is 11.4. The van der Waals surface area contributed by atoms with E-state index in [2.05, 4.69) is 12.2 Å². The molecule has 1 aliphatic carbocycles. The number of esters is 1. The van der Waals surface area contributed by atoms with Crippen LogP contribution in [0.4, 0.5) is 5.69 Å². The number of ether oxygens (including phenoxy) is 2. The molecule has 0 aliphatic heterocycles. The first kappa shape index (κ1) is 18.4. The highest BCUT2D eigenvalue weighted by atomic mass is 35.5. The Bertz CT molecular complexity index is 621. The minimum absolute atomic E-state index is 0.135. The number of rotatable bonds is 5. The van der Waals surface area contributed by atoms with Crippen LogP contribution < -0.4 is 15.8 Å². The van der Waals surface area contributed by atoms with Gasteiger partial charge in [0.25, 0.3) is 5.91 Å². The summed E-state index contributed by atoms with van der Waals surface area (Å²) in [5.41, 5.74) is 6.11. The number of hydrogen-bond donors (Lipinski definition) is 2. The molecular weight excluding hydrogens is 332 g/mol. The molecule has 0 heterocycles. The summed E-state index contributed by atoms with van der Waals surface area (Å²) >= 11 is 5.93. The van der Waals surface area contributed by atoms with Crippen molar-refractivity contribution in [2.24, 2.45) is 5.92 Å². The van der Waals surface area contributed by atoms with Crippen LogP contribution in [0.2, 0.25) is 5.02 Å². The Morgan fingerprint density at radius 2 is 2.04 bits per heavy atom. The van der Waals surface area contributed by atoms with Crippen LogP contribution >= 0.6 is 11.6 Å². The third-order valence-corrected chi connectivity index (χ3v) is 4.66. The summed E-state index contributed by atoms with van der Waals surface area (Å²) in [5, 5.41) is 3.16. The lowest BCUT2D eigenvalue weighted by Gasteiger charge is -2.29. The monoisotopic (exact) mass is 354 g/mol. The predicted octanol–water partition coefficient (Wildman–Crippen LogP) is 2.78. The minimum Gasteiger partial charge on any atom is -0.496 e. The molecule has 0 spiro atoms. The number of carbonyl (C=O) groups is 2. The van der Waals surface area contributed by atoms with E-state index in [0.29, 0.717) is 11.6 Å². The Labute approximate surface area is 146 Å². The first-order valence-corrected chi connectivity index (χ1v) is 8.39. The van der Waals surface area contributed by atoms with E-state index in [0.717, 1.165) is 19.3 Å². The number of nitrogen functional groups attached to an aromatic ring is 1. The third-order valence-electron chi connectivity index (χ3n) is 4.33. The maximum Gasteiger partial charge on any atom is 0.342 e. The molecule has 2 atom stereocenters. The largest absolute Gasteiger partial charge is 0.496 e. The van der Waals surface area contributed by atoms with E-state index in [1.807, 2.05) is 0 Å². The van der Waals surface area contributed by atoms with Gasteiger partial charge in [0.05, 0.1) is 17.8 Å². The number of methoxy groups -OCH3 is 1. The fourth-order valence-electron chi connectivity index (χ4n) is 2.89. The van der Waals surface area contributed by atoms with Crippen LogP contribution in [0, 0.1) is 5.92 Å². The number of anilines is 1. The summed E-state index contributed by atoms with van der Waals surface area (Å²) in [7, 11) is 1.41. The second-order valence-electron chi connectivity index (χ2n) is 6.09. The maximum atomic E-state index is 12.2. The van der Waals surface area contributed by atoms with Gasteiger partial charge in [-0.25, -0.2) is 4.79 Å². The Hall–Kier alpha value is -1.95. The van der Waals surface area contributed by atoms with Gasteiger partial charge < -0.3 is 20.5 Å². The van der Waals surface area contributed by atoms with Crippen molar-refractivity contribution in [3.63, 3.8) is 0 Å². The van der Waals surface area contributed by atoms with Crippen LogP contribution in [-0.2, 0) is 9.53 Å². The van der Waals surface area contributed by atoms with Crippen LogP contribution in [0.15, 0.2) is 12.1 Å². The minimum atomic E-state index is -0.680. The van der Waals surface area contributed by atoms with Gasteiger partial charge in [0, 0.05) is 12.1 Å². The molecule has 1 fully saturated rings. The SMILES string of the molecule is COc1cc(N)c(Cl)cc1C(=O)OCC(=O)N[C@@H]1CCCC[C@@H]1C. The zero-order valence-electron chi connectivity index (χ0n) is 13.9. The Morgan fingerprint density at radius 1 is 1.33 bits per heavy atom. The van der Waals surface area contributed by atoms with E-state index in [1.54, 1.807) is 0 Å². The molecular formula is C17H23ClN2O4. The molecule has 6 nitrogen and oxygen atoms in total. The molecule has 0 radical (unpaired) electrons. The quantitative estimate of drug-likeness (QED) is 0.626.